The Bertz CT molecular complexity index is 3690. The smallest absolute Gasteiger partial charge is 0.0540 e. The van der Waals surface area contributed by atoms with Crippen molar-refractivity contribution in [3.63, 3.8) is 0 Å². The van der Waals surface area contributed by atoms with Gasteiger partial charge in [-0.05, 0) is 135 Å². The van der Waals surface area contributed by atoms with Gasteiger partial charge in [0, 0.05) is 16.8 Å². The summed E-state index contributed by atoms with van der Waals surface area (Å²) >= 11 is 0. The third-order valence-electron chi connectivity index (χ3n) is 12.8. The molecule has 63 heavy (non-hydrogen) atoms. The highest BCUT2D eigenvalue weighted by Crippen LogP contribution is 2.45. The number of fused-ring (bicyclic) bond motifs is 7. The van der Waals surface area contributed by atoms with E-state index in [0.717, 1.165) is 17.1 Å². The first-order chi connectivity index (χ1) is 31.3. The first kappa shape index (κ1) is 36.6. The van der Waals surface area contributed by atoms with Crippen LogP contribution in [0.15, 0.2) is 249 Å². The molecule has 1 nitrogen and oxygen atoms in total. The Kier molecular flexibility index (Phi) is 8.90. The van der Waals surface area contributed by atoms with Crippen molar-refractivity contribution >= 4 is 70.9 Å². The van der Waals surface area contributed by atoms with Gasteiger partial charge in [-0.3, -0.25) is 0 Å². The molecule has 0 amide bonds. The molecule has 0 aliphatic rings. The predicted octanol–water partition coefficient (Wildman–Crippen LogP) is 17.6. The van der Waals surface area contributed by atoms with Gasteiger partial charge in [0.1, 0.15) is 0 Å². The van der Waals surface area contributed by atoms with Gasteiger partial charge in [-0.1, -0.05) is 206 Å². The SMILES string of the molecule is c1cc(-c2ccccc2-c2cc3ccccc3c3ccccc23)cc(N(c2ccc(-c3ccccc3-c3cc4ccccc4c4ccccc34)cc2)c2cccc3ccccc23)c1. The molecule has 0 saturated heterocycles. The maximum Gasteiger partial charge on any atom is 0.0540 e. The van der Waals surface area contributed by atoms with Crippen LogP contribution in [0.4, 0.5) is 17.1 Å². The Labute approximate surface area is 367 Å². The van der Waals surface area contributed by atoms with Crippen molar-refractivity contribution in [3.05, 3.63) is 249 Å². The van der Waals surface area contributed by atoms with Crippen molar-refractivity contribution in [1.82, 2.24) is 0 Å². The molecule has 0 fully saturated rings. The molecule has 294 valence electrons. The van der Waals surface area contributed by atoms with Gasteiger partial charge >= 0.3 is 0 Å². The minimum Gasteiger partial charge on any atom is -0.310 e. The van der Waals surface area contributed by atoms with Crippen LogP contribution >= 0.6 is 0 Å². The molecule has 0 aromatic heterocycles. The van der Waals surface area contributed by atoms with Crippen LogP contribution in [0.5, 0.6) is 0 Å². The van der Waals surface area contributed by atoms with E-state index in [-0.39, 0.29) is 0 Å². The van der Waals surface area contributed by atoms with Crippen molar-refractivity contribution in [1.29, 1.82) is 0 Å². The van der Waals surface area contributed by atoms with E-state index in [2.05, 4.69) is 254 Å². The predicted molar refractivity (Wildman–Crippen MR) is 270 cm³/mol. The molecule has 0 radical (unpaired) electrons. The lowest BCUT2D eigenvalue weighted by atomic mass is 9.89. The Balaban J connectivity index is 1.00. The van der Waals surface area contributed by atoms with Gasteiger partial charge in [0.25, 0.3) is 0 Å². The molecule has 0 unspecified atom stereocenters. The first-order valence-corrected chi connectivity index (χ1v) is 21.8. The Morgan fingerprint density at radius 1 is 0.206 bits per heavy atom. The third-order valence-corrected chi connectivity index (χ3v) is 12.8. The Hall–Kier alpha value is -8.26. The topological polar surface area (TPSA) is 3.24 Å². The molecule has 0 bridgehead atoms. The highest BCUT2D eigenvalue weighted by Gasteiger charge is 2.19. The van der Waals surface area contributed by atoms with Crippen molar-refractivity contribution in [3.8, 4) is 44.5 Å². The fourth-order valence-electron chi connectivity index (χ4n) is 9.93. The number of benzene rings is 12. The molecule has 0 N–H and O–H groups in total. The molecule has 12 aromatic carbocycles. The van der Waals surface area contributed by atoms with E-state index in [1.807, 2.05) is 0 Å². The normalized spacial score (nSPS) is 11.5. The zero-order chi connectivity index (χ0) is 41.7. The highest BCUT2D eigenvalue weighted by molar-refractivity contribution is 6.16. The van der Waals surface area contributed by atoms with E-state index >= 15 is 0 Å². The van der Waals surface area contributed by atoms with Gasteiger partial charge in [0.2, 0.25) is 0 Å². The highest BCUT2D eigenvalue weighted by atomic mass is 15.1. The van der Waals surface area contributed by atoms with E-state index < -0.39 is 0 Å². The standard InChI is InChI=1S/C62H41N/c1-6-27-53-42(17-1)20-16-34-62(53)63(47-37-35-43(36-38-47)49-23-7-9-30-56(49)60-40-45-18-2-4-24-51(45)54-28-11-13-32-58(54)60)48-22-15-21-44(39-48)50-26-8-10-31-57(50)61-41-46-19-3-5-25-52(46)55-29-12-14-33-59(55)61/h1-41H. The Morgan fingerprint density at radius 3 is 1.22 bits per heavy atom. The average molecular weight is 800 g/mol. The lowest BCUT2D eigenvalue weighted by Crippen LogP contribution is -2.10. The molecular formula is C62H41N. The van der Waals surface area contributed by atoms with Gasteiger partial charge in [-0.15, -0.1) is 0 Å². The van der Waals surface area contributed by atoms with Crippen molar-refractivity contribution < 1.29 is 0 Å². The summed E-state index contributed by atoms with van der Waals surface area (Å²) in [7, 11) is 0. The van der Waals surface area contributed by atoms with Crippen LogP contribution in [0, 0.1) is 0 Å². The van der Waals surface area contributed by atoms with Gasteiger partial charge in [0.15, 0.2) is 0 Å². The van der Waals surface area contributed by atoms with Crippen molar-refractivity contribution in [2.75, 3.05) is 4.90 Å². The third kappa shape index (κ3) is 6.33. The van der Waals surface area contributed by atoms with E-state index in [1.165, 1.54) is 98.4 Å². The second-order valence-corrected chi connectivity index (χ2v) is 16.4. The largest absolute Gasteiger partial charge is 0.310 e. The van der Waals surface area contributed by atoms with Crippen LogP contribution in [-0.4, -0.2) is 0 Å². The lowest BCUT2D eigenvalue weighted by Gasteiger charge is -2.28. The van der Waals surface area contributed by atoms with Gasteiger partial charge in [0.05, 0.1) is 5.69 Å². The lowest BCUT2D eigenvalue weighted by molar-refractivity contribution is 1.30. The molecule has 0 atom stereocenters. The van der Waals surface area contributed by atoms with Crippen LogP contribution in [-0.2, 0) is 0 Å². The fourth-order valence-corrected chi connectivity index (χ4v) is 9.93. The molecule has 1 heteroatoms. The molecule has 0 heterocycles. The maximum atomic E-state index is 2.42. The summed E-state index contributed by atoms with van der Waals surface area (Å²) in [5, 5.41) is 12.5. The van der Waals surface area contributed by atoms with Gasteiger partial charge in [-0.2, -0.15) is 0 Å². The number of hydrogen-bond donors (Lipinski definition) is 0. The second kappa shape index (κ2) is 15.3. The second-order valence-electron chi connectivity index (χ2n) is 16.4. The van der Waals surface area contributed by atoms with Crippen LogP contribution in [0.25, 0.3) is 98.4 Å². The number of anilines is 3. The number of hydrogen-bond acceptors (Lipinski definition) is 1. The summed E-state index contributed by atoms with van der Waals surface area (Å²) in [6.07, 6.45) is 0. The van der Waals surface area contributed by atoms with Gasteiger partial charge in [-0.25, -0.2) is 0 Å². The van der Waals surface area contributed by atoms with E-state index in [4.69, 9.17) is 0 Å². The van der Waals surface area contributed by atoms with Gasteiger partial charge < -0.3 is 4.90 Å². The summed E-state index contributed by atoms with van der Waals surface area (Å²) in [6, 6.07) is 91.1. The van der Waals surface area contributed by atoms with Crippen LogP contribution in [0.2, 0.25) is 0 Å². The first-order valence-electron chi connectivity index (χ1n) is 21.8. The monoisotopic (exact) mass is 799 g/mol. The molecule has 0 aliphatic carbocycles. The fraction of sp³-hybridized carbons (Fsp3) is 0. The quantitative estimate of drug-likeness (QED) is 0.145. The summed E-state index contributed by atoms with van der Waals surface area (Å²) in [6.45, 7) is 0. The molecule has 0 saturated carbocycles. The Morgan fingerprint density at radius 2 is 0.635 bits per heavy atom. The minimum atomic E-state index is 1.09. The summed E-state index contributed by atoms with van der Waals surface area (Å²) < 4.78 is 0. The minimum absolute atomic E-state index is 1.09. The van der Waals surface area contributed by atoms with E-state index in [9.17, 15) is 0 Å². The zero-order valence-electron chi connectivity index (χ0n) is 34.6. The van der Waals surface area contributed by atoms with E-state index in [0.29, 0.717) is 0 Å². The molecular weight excluding hydrogens is 759 g/mol. The molecule has 12 aromatic rings. The number of nitrogens with zero attached hydrogens (tertiary/aromatic N) is 1. The zero-order valence-corrected chi connectivity index (χ0v) is 34.6. The maximum absolute atomic E-state index is 2.42. The average Bonchev–Trinajstić information content (AvgIpc) is 3.36. The van der Waals surface area contributed by atoms with E-state index in [1.54, 1.807) is 0 Å². The number of rotatable bonds is 7. The molecule has 0 aliphatic heterocycles. The van der Waals surface area contributed by atoms with Crippen LogP contribution in [0.1, 0.15) is 0 Å². The molecule has 12 rings (SSSR count). The summed E-state index contributed by atoms with van der Waals surface area (Å²) in [4.78, 5) is 2.42. The summed E-state index contributed by atoms with van der Waals surface area (Å²) in [5.74, 6) is 0. The van der Waals surface area contributed by atoms with Crippen LogP contribution in [0.3, 0.4) is 0 Å². The van der Waals surface area contributed by atoms with Crippen LogP contribution < -0.4 is 4.90 Å². The summed E-state index contributed by atoms with van der Waals surface area (Å²) in [5.41, 5.74) is 13.0. The van der Waals surface area contributed by atoms with Crippen molar-refractivity contribution in [2.24, 2.45) is 0 Å². The van der Waals surface area contributed by atoms with Crippen molar-refractivity contribution in [2.45, 2.75) is 0 Å². The molecule has 0 spiro atoms.